The number of nitrogens with zero attached hydrogens (tertiary/aromatic N) is 4. The van der Waals surface area contributed by atoms with Crippen molar-refractivity contribution in [2.45, 2.75) is 24.7 Å². The largest absolute Gasteiger partial charge is 0.295 e. The number of sulfonamides is 1. The van der Waals surface area contributed by atoms with E-state index in [1.54, 1.807) is 25.3 Å². The molecule has 0 amide bonds. The van der Waals surface area contributed by atoms with Crippen LogP contribution >= 0.6 is 0 Å². The molecule has 1 aromatic carbocycles. The summed E-state index contributed by atoms with van der Waals surface area (Å²) in [5.74, 6) is 0. The molecule has 3 rings (SSSR count). The van der Waals surface area contributed by atoms with Gasteiger partial charge in [-0.3, -0.25) is 20.5 Å². The lowest BCUT2D eigenvalue weighted by molar-refractivity contribution is -0.384. The van der Waals surface area contributed by atoms with Crippen molar-refractivity contribution in [1.29, 1.82) is 0 Å². The molecule has 9 nitrogen and oxygen atoms in total. The molecule has 1 saturated heterocycles. The van der Waals surface area contributed by atoms with E-state index < -0.39 is 14.9 Å². The Labute approximate surface area is 156 Å². The number of aromatic nitrogens is 1. The molecule has 0 saturated carbocycles. The van der Waals surface area contributed by atoms with Gasteiger partial charge in [-0.1, -0.05) is 6.07 Å². The molecule has 1 aliphatic rings. The second-order valence-electron chi connectivity index (χ2n) is 6.07. The summed E-state index contributed by atoms with van der Waals surface area (Å²) in [7, 11) is -3.73. The zero-order valence-electron chi connectivity index (χ0n) is 14.7. The molecule has 0 radical (unpaired) electrons. The normalized spacial score (nSPS) is 15.7. The molecular formula is C17H19N5O4S. The summed E-state index contributed by atoms with van der Waals surface area (Å²) < 4.78 is 26.6. The zero-order valence-corrected chi connectivity index (χ0v) is 15.5. The van der Waals surface area contributed by atoms with Crippen LogP contribution in [-0.4, -0.2) is 41.4 Å². The van der Waals surface area contributed by atoms with Crippen molar-refractivity contribution in [1.82, 2.24) is 9.29 Å². The molecule has 0 atom stereocenters. The van der Waals surface area contributed by atoms with Gasteiger partial charge in [-0.25, -0.2) is 8.42 Å². The van der Waals surface area contributed by atoms with Crippen LogP contribution in [0.3, 0.4) is 0 Å². The van der Waals surface area contributed by atoms with E-state index in [4.69, 9.17) is 0 Å². The third-order valence-corrected chi connectivity index (χ3v) is 6.14. The van der Waals surface area contributed by atoms with Crippen molar-refractivity contribution in [3.05, 3.63) is 58.4 Å². The monoisotopic (exact) mass is 389 g/mol. The minimum atomic E-state index is -3.73. The molecule has 0 spiro atoms. The fourth-order valence-electron chi connectivity index (χ4n) is 2.77. The maximum Gasteiger partial charge on any atom is 0.295 e. The number of rotatable bonds is 6. The highest BCUT2D eigenvalue weighted by Gasteiger charge is 2.29. The number of nitro groups is 1. The third-order valence-electron chi connectivity index (χ3n) is 4.25. The highest BCUT2D eigenvalue weighted by atomic mass is 32.2. The summed E-state index contributed by atoms with van der Waals surface area (Å²) >= 11 is 0. The van der Waals surface area contributed by atoms with Crippen LogP contribution in [-0.2, 0) is 10.0 Å². The summed E-state index contributed by atoms with van der Waals surface area (Å²) in [6.45, 7) is 2.58. The quantitative estimate of drug-likeness (QED) is 0.461. The van der Waals surface area contributed by atoms with Crippen LogP contribution in [0.5, 0.6) is 0 Å². The van der Waals surface area contributed by atoms with Crippen molar-refractivity contribution >= 4 is 27.1 Å². The average molecular weight is 389 g/mol. The van der Waals surface area contributed by atoms with E-state index in [0.29, 0.717) is 24.5 Å². The van der Waals surface area contributed by atoms with E-state index in [2.05, 4.69) is 15.5 Å². The molecule has 1 aromatic heterocycles. The van der Waals surface area contributed by atoms with Crippen molar-refractivity contribution < 1.29 is 13.3 Å². The third kappa shape index (κ3) is 4.12. The Morgan fingerprint density at radius 2 is 2.00 bits per heavy atom. The van der Waals surface area contributed by atoms with Gasteiger partial charge in [0.25, 0.3) is 5.69 Å². The maximum atomic E-state index is 12.6. The van der Waals surface area contributed by atoms with Crippen LogP contribution < -0.4 is 5.43 Å². The first-order valence-corrected chi connectivity index (χ1v) is 9.84. The van der Waals surface area contributed by atoms with E-state index in [9.17, 15) is 18.5 Å². The van der Waals surface area contributed by atoms with Crippen LogP contribution in [0, 0.1) is 10.1 Å². The van der Waals surface area contributed by atoms with Gasteiger partial charge in [-0.05, 0) is 44.0 Å². The minimum absolute atomic E-state index is 0.0907. The van der Waals surface area contributed by atoms with Gasteiger partial charge in [0.1, 0.15) is 5.69 Å². The summed E-state index contributed by atoms with van der Waals surface area (Å²) in [6.07, 6.45) is 3.21. The lowest BCUT2D eigenvalue weighted by atomic mass is 10.2. The van der Waals surface area contributed by atoms with Gasteiger partial charge < -0.3 is 0 Å². The molecule has 1 fully saturated rings. The van der Waals surface area contributed by atoms with Crippen molar-refractivity contribution in [2.75, 3.05) is 18.5 Å². The average Bonchev–Trinajstić information content (AvgIpc) is 3.22. The van der Waals surface area contributed by atoms with Gasteiger partial charge >= 0.3 is 0 Å². The Morgan fingerprint density at radius 1 is 1.26 bits per heavy atom. The first kappa shape index (κ1) is 18.9. The topological polar surface area (TPSA) is 118 Å². The molecule has 142 valence electrons. The molecule has 2 heterocycles. The lowest BCUT2D eigenvalue weighted by Gasteiger charge is -2.15. The molecule has 2 aromatic rings. The molecule has 0 bridgehead atoms. The van der Waals surface area contributed by atoms with Gasteiger partial charge in [-0.15, -0.1) is 0 Å². The van der Waals surface area contributed by atoms with Crippen LogP contribution in [0.1, 0.15) is 25.5 Å². The molecule has 0 aliphatic carbocycles. The van der Waals surface area contributed by atoms with Crippen molar-refractivity contribution in [2.24, 2.45) is 5.10 Å². The lowest BCUT2D eigenvalue weighted by Crippen LogP contribution is -2.27. The molecule has 1 N–H and O–H groups in total. The summed E-state index contributed by atoms with van der Waals surface area (Å²) in [5.41, 5.74) is 3.56. The predicted molar refractivity (Wildman–Crippen MR) is 101 cm³/mol. The Kier molecular flexibility index (Phi) is 5.47. The van der Waals surface area contributed by atoms with Gasteiger partial charge in [0, 0.05) is 25.4 Å². The maximum absolute atomic E-state index is 12.6. The SMILES string of the molecule is C/C(=N/Nc1ccc(S(=O)(=O)N2CCCC2)cc1[N+](=O)[O-])c1ccccn1. The summed E-state index contributed by atoms with van der Waals surface area (Å²) in [6, 6.07) is 9.13. The number of anilines is 1. The second-order valence-corrected chi connectivity index (χ2v) is 8.01. The fourth-order valence-corrected chi connectivity index (χ4v) is 4.31. The predicted octanol–water partition coefficient (Wildman–Crippen LogP) is 2.61. The molecule has 10 heteroatoms. The van der Waals surface area contributed by atoms with E-state index in [0.717, 1.165) is 18.9 Å². The first-order chi connectivity index (χ1) is 12.9. The highest BCUT2D eigenvalue weighted by Crippen LogP contribution is 2.30. The van der Waals surface area contributed by atoms with E-state index in [1.165, 1.54) is 16.4 Å². The molecule has 1 aliphatic heterocycles. The van der Waals surface area contributed by atoms with Gasteiger partial charge in [0.05, 0.1) is 21.2 Å². The molecular weight excluding hydrogens is 370 g/mol. The smallest absolute Gasteiger partial charge is 0.271 e. The zero-order chi connectivity index (χ0) is 19.4. The number of nitrogens with one attached hydrogen (secondary N) is 1. The van der Waals surface area contributed by atoms with E-state index in [-0.39, 0.29) is 16.3 Å². The second kappa shape index (κ2) is 7.80. The molecule has 0 unspecified atom stereocenters. The Hall–Kier alpha value is -2.85. The van der Waals surface area contributed by atoms with Crippen LogP contribution in [0.15, 0.2) is 52.6 Å². The van der Waals surface area contributed by atoms with Crippen molar-refractivity contribution in [3.63, 3.8) is 0 Å². The van der Waals surface area contributed by atoms with Gasteiger partial charge in [0.2, 0.25) is 10.0 Å². The fraction of sp³-hybridized carbons (Fsp3) is 0.294. The van der Waals surface area contributed by atoms with Gasteiger partial charge in [0.15, 0.2) is 0 Å². The minimum Gasteiger partial charge on any atom is -0.271 e. The number of hydrazone groups is 1. The highest BCUT2D eigenvalue weighted by molar-refractivity contribution is 7.89. The van der Waals surface area contributed by atoms with Crippen LogP contribution in [0.4, 0.5) is 11.4 Å². The Bertz CT molecular complexity index is 970. The summed E-state index contributed by atoms with van der Waals surface area (Å²) in [5, 5.41) is 15.6. The standard InChI is InChI=1S/C17H19N5O4S/c1-13(15-6-2-3-9-18-15)19-20-16-8-7-14(12-17(16)22(23)24)27(25,26)21-10-4-5-11-21/h2-3,6-9,12,20H,4-5,10-11H2,1H3/b19-13-. The number of pyridine rings is 1. The van der Waals surface area contributed by atoms with Gasteiger partial charge in [-0.2, -0.15) is 9.41 Å². The van der Waals surface area contributed by atoms with Crippen LogP contribution in [0.2, 0.25) is 0 Å². The first-order valence-electron chi connectivity index (χ1n) is 8.40. The summed E-state index contributed by atoms with van der Waals surface area (Å²) in [4.78, 5) is 14.9. The number of benzene rings is 1. The number of hydrogen-bond acceptors (Lipinski definition) is 7. The van der Waals surface area contributed by atoms with Crippen LogP contribution in [0.25, 0.3) is 0 Å². The number of nitro benzene ring substituents is 1. The van der Waals surface area contributed by atoms with E-state index in [1.807, 2.05) is 6.07 Å². The van der Waals surface area contributed by atoms with E-state index >= 15 is 0 Å². The molecule has 27 heavy (non-hydrogen) atoms. The Balaban J connectivity index is 1.89. The Morgan fingerprint density at radius 3 is 2.63 bits per heavy atom. The van der Waals surface area contributed by atoms with Crippen molar-refractivity contribution in [3.8, 4) is 0 Å². The number of hydrogen-bond donors (Lipinski definition) is 1.